The first-order valence-electron chi connectivity index (χ1n) is 6.65. The predicted octanol–water partition coefficient (Wildman–Crippen LogP) is 1.88. The van der Waals surface area contributed by atoms with E-state index in [1.54, 1.807) is 18.2 Å². The van der Waals surface area contributed by atoms with Gasteiger partial charge in [-0.3, -0.25) is 9.89 Å². The van der Waals surface area contributed by atoms with Gasteiger partial charge in [-0.15, -0.1) is 5.10 Å². The minimum Gasteiger partial charge on any atom is -0.508 e. The summed E-state index contributed by atoms with van der Waals surface area (Å²) in [5.74, 6) is 1.26. The summed E-state index contributed by atoms with van der Waals surface area (Å²) in [7, 11) is 0. The number of nitrogens with zero attached hydrogens (tertiary/aromatic N) is 2. The average Bonchev–Trinajstić information content (AvgIpc) is 3.16. The van der Waals surface area contributed by atoms with Gasteiger partial charge in [-0.2, -0.15) is 0 Å². The Hall–Kier alpha value is -2.37. The first-order valence-corrected chi connectivity index (χ1v) is 6.65. The van der Waals surface area contributed by atoms with Crippen molar-refractivity contribution in [2.75, 3.05) is 0 Å². The van der Waals surface area contributed by atoms with Crippen LogP contribution < -0.4 is 5.32 Å². The summed E-state index contributed by atoms with van der Waals surface area (Å²) >= 11 is 0. The Morgan fingerprint density at radius 1 is 1.50 bits per heavy atom. The summed E-state index contributed by atoms with van der Waals surface area (Å²) in [5, 5.41) is 19.0. The molecule has 0 bridgehead atoms. The maximum Gasteiger partial charge on any atom is 0.291 e. The van der Waals surface area contributed by atoms with Crippen molar-refractivity contribution in [3.63, 3.8) is 0 Å². The van der Waals surface area contributed by atoms with E-state index < -0.39 is 0 Å². The molecule has 1 aliphatic rings. The second kappa shape index (κ2) is 4.96. The van der Waals surface area contributed by atoms with Crippen molar-refractivity contribution in [2.24, 2.45) is 0 Å². The van der Waals surface area contributed by atoms with Crippen molar-refractivity contribution in [2.45, 2.75) is 31.7 Å². The lowest BCUT2D eigenvalue weighted by Gasteiger charge is -2.13. The van der Waals surface area contributed by atoms with E-state index in [9.17, 15) is 9.90 Å². The summed E-state index contributed by atoms with van der Waals surface area (Å²) in [6, 6.07) is 6.58. The molecule has 20 heavy (non-hydrogen) atoms. The maximum atomic E-state index is 12.1. The van der Waals surface area contributed by atoms with Crippen LogP contribution in [0.2, 0.25) is 0 Å². The van der Waals surface area contributed by atoms with Gasteiger partial charge >= 0.3 is 0 Å². The van der Waals surface area contributed by atoms with Crippen LogP contribution in [0.3, 0.4) is 0 Å². The monoisotopic (exact) mass is 272 g/mol. The molecule has 1 aliphatic carbocycles. The molecule has 1 aromatic heterocycles. The standard InChI is InChI=1S/C14H16N4O2/c1-8(10-3-2-4-11(19)7-10)15-14(20)13-16-12(17-18-13)9-5-6-9/h2-4,7-9,19H,5-6H2,1H3,(H,15,20)(H,16,17,18). The number of benzene rings is 1. The number of hydrogen-bond donors (Lipinski definition) is 3. The predicted molar refractivity (Wildman–Crippen MR) is 72.3 cm³/mol. The molecule has 0 radical (unpaired) electrons. The van der Waals surface area contributed by atoms with Crippen LogP contribution in [-0.4, -0.2) is 26.2 Å². The van der Waals surface area contributed by atoms with Gasteiger partial charge in [-0.1, -0.05) is 12.1 Å². The number of rotatable bonds is 4. The van der Waals surface area contributed by atoms with E-state index >= 15 is 0 Å². The third-order valence-electron chi connectivity index (χ3n) is 3.39. The smallest absolute Gasteiger partial charge is 0.291 e. The minimum atomic E-state index is -0.316. The van der Waals surface area contributed by atoms with Gasteiger partial charge in [0.2, 0.25) is 5.82 Å². The van der Waals surface area contributed by atoms with Gasteiger partial charge in [0, 0.05) is 5.92 Å². The van der Waals surface area contributed by atoms with Gasteiger partial charge in [0.1, 0.15) is 11.6 Å². The maximum absolute atomic E-state index is 12.1. The second-order valence-corrected chi connectivity index (χ2v) is 5.11. The zero-order valence-corrected chi connectivity index (χ0v) is 11.1. The van der Waals surface area contributed by atoms with Crippen LogP contribution in [0.1, 0.15) is 53.7 Å². The summed E-state index contributed by atoms with van der Waals surface area (Å²) in [5.41, 5.74) is 0.830. The third kappa shape index (κ3) is 2.64. The van der Waals surface area contributed by atoms with E-state index in [0.717, 1.165) is 24.2 Å². The molecular weight excluding hydrogens is 256 g/mol. The van der Waals surface area contributed by atoms with Gasteiger partial charge in [0.15, 0.2) is 0 Å². The zero-order chi connectivity index (χ0) is 14.1. The highest BCUT2D eigenvalue weighted by Gasteiger charge is 2.28. The molecule has 1 unspecified atom stereocenters. The molecule has 3 N–H and O–H groups in total. The van der Waals surface area contributed by atoms with Crippen LogP contribution in [0.15, 0.2) is 24.3 Å². The molecule has 1 aromatic carbocycles. The molecule has 0 spiro atoms. The quantitative estimate of drug-likeness (QED) is 0.792. The van der Waals surface area contributed by atoms with Crippen LogP contribution in [0, 0.1) is 0 Å². The molecule has 3 rings (SSSR count). The topological polar surface area (TPSA) is 90.9 Å². The number of H-pyrrole nitrogens is 1. The Labute approximate surface area is 116 Å². The van der Waals surface area contributed by atoms with E-state index in [4.69, 9.17) is 0 Å². The molecule has 1 saturated carbocycles. The van der Waals surface area contributed by atoms with E-state index in [1.165, 1.54) is 0 Å². The highest BCUT2D eigenvalue weighted by Crippen LogP contribution is 2.37. The van der Waals surface area contributed by atoms with Crippen LogP contribution in [0.5, 0.6) is 5.75 Å². The Morgan fingerprint density at radius 2 is 2.30 bits per heavy atom. The molecule has 6 nitrogen and oxygen atoms in total. The highest BCUT2D eigenvalue weighted by atomic mass is 16.3. The van der Waals surface area contributed by atoms with Gasteiger partial charge in [0.05, 0.1) is 6.04 Å². The SMILES string of the molecule is CC(NC(=O)c1n[nH]c(C2CC2)n1)c1cccc(O)c1. The first kappa shape index (κ1) is 12.7. The number of carbonyl (C=O) groups is 1. The number of phenolic OH excluding ortho intramolecular Hbond substituents is 1. The summed E-state index contributed by atoms with van der Waals surface area (Å²) in [4.78, 5) is 16.3. The molecule has 0 aliphatic heterocycles. The molecule has 6 heteroatoms. The molecular formula is C14H16N4O2. The van der Waals surface area contributed by atoms with Crippen LogP contribution in [0.25, 0.3) is 0 Å². The van der Waals surface area contributed by atoms with Gasteiger partial charge in [-0.25, -0.2) is 4.98 Å². The Bertz CT molecular complexity index is 634. The van der Waals surface area contributed by atoms with Gasteiger partial charge in [0.25, 0.3) is 5.91 Å². The lowest BCUT2D eigenvalue weighted by molar-refractivity contribution is 0.0929. The third-order valence-corrected chi connectivity index (χ3v) is 3.39. The Kier molecular flexibility index (Phi) is 3.14. The van der Waals surface area contributed by atoms with Crippen LogP contribution >= 0.6 is 0 Å². The normalized spacial score (nSPS) is 15.8. The van der Waals surface area contributed by atoms with Crippen molar-refractivity contribution in [1.82, 2.24) is 20.5 Å². The summed E-state index contributed by atoms with van der Waals surface area (Å²) in [6.45, 7) is 1.85. The number of hydrogen-bond acceptors (Lipinski definition) is 4. The lowest BCUT2D eigenvalue weighted by atomic mass is 10.1. The number of aromatic nitrogens is 3. The molecule has 1 amide bonds. The minimum absolute atomic E-state index is 0.166. The Morgan fingerprint density at radius 3 is 3.00 bits per heavy atom. The fourth-order valence-electron chi connectivity index (χ4n) is 2.05. The summed E-state index contributed by atoms with van der Waals surface area (Å²) < 4.78 is 0. The lowest BCUT2D eigenvalue weighted by Crippen LogP contribution is -2.27. The Balaban J connectivity index is 1.68. The number of aromatic hydroxyl groups is 1. The molecule has 1 fully saturated rings. The molecule has 2 aromatic rings. The second-order valence-electron chi connectivity index (χ2n) is 5.11. The van der Waals surface area contributed by atoms with Gasteiger partial charge < -0.3 is 10.4 Å². The molecule has 1 atom stereocenters. The number of carbonyl (C=O) groups excluding carboxylic acids is 1. The number of aromatic amines is 1. The van der Waals surface area contributed by atoms with Crippen molar-refractivity contribution >= 4 is 5.91 Å². The van der Waals surface area contributed by atoms with E-state index in [-0.39, 0.29) is 23.5 Å². The fourth-order valence-corrected chi connectivity index (χ4v) is 2.05. The van der Waals surface area contributed by atoms with E-state index in [1.807, 2.05) is 13.0 Å². The van der Waals surface area contributed by atoms with Crippen molar-refractivity contribution in [1.29, 1.82) is 0 Å². The molecule has 104 valence electrons. The van der Waals surface area contributed by atoms with Crippen molar-refractivity contribution in [3.05, 3.63) is 41.5 Å². The number of phenols is 1. The van der Waals surface area contributed by atoms with E-state index in [0.29, 0.717) is 5.92 Å². The van der Waals surface area contributed by atoms with Crippen LogP contribution in [0.4, 0.5) is 0 Å². The van der Waals surface area contributed by atoms with E-state index in [2.05, 4.69) is 20.5 Å². The fraction of sp³-hybridized carbons (Fsp3) is 0.357. The highest BCUT2D eigenvalue weighted by molar-refractivity contribution is 5.90. The molecule has 0 saturated heterocycles. The first-order chi connectivity index (χ1) is 9.63. The largest absolute Gasteiger partial charge is 0.508 e. The zero-order valence-electron chi connectivity index (χ0n) is 11.1. The number of amides is 1. The van der Waals surface area contributed by atoms with Gasteiger partial charge in [-0.05, 0) is 37.5 Å². The van der Waals surface area contributed by atoms with Crippen LogP contribution in [-0.2, 0) is 0 Å². The van der Waals surface area contributed by atoms with Crippen molar-refractivity contribution < 1.29 is 9.90 Å². The number of nitrogens with one attached hydrogen (secondary N) is 2. The molecule has 1 heterocycles. The summed E-state index contributed by atoms with van der Waals surface area (Å²) in [6.07, 6.45) is 2.21. The van der Waals surface area contributed by atoms with Crippen molar-refractivity contribution in [3.8, 4) is 5.75 Å². The average molecular weight is 272 g/mol.